The lowest BCUT2D eigenvalue weighted by atomic mass is 9.90. The van der Waals surface area contributed by atoms with Crippen molar-refractivity contribution in [2.75, 3.05) is 26.2 Å². The van der Waals surface area contributed by atoms with E-state index in [4.69, 9.17) is 0 Å². The molecule has 1 fully saturated rings. The van der Waals surface area contributed by atoms with Gasteiger partial charge in [0, 0.05) is 11.6 Å². The van der Waals surface area contributed by atoms with Crippen LogP contribution >= 0.6 is 0 Å². The first-order valence-corrected chi connectivity index (χ1v) is 8.81. The Bertz CT molecular complexity index is 241. The second-order valence-electron chi connectivity index (χ2n) is 6.42. The van der Waals surface area contributed by atoms with Crippen LogP contribution in [0.15, 0.2) is 0 Å². The molecule has 0 spiro atoms. The Kier molecular flexibility index (Phi) is 8.74. The van der Waals surface area contributed by atoms with E-state index in [1.165, 1.54) is 45.2 Å². The predicted octanol–water partition coefficient (Wildman–Crippen LogP) is 3.17. The molecule has 0 aromatic rings. The smallest absolute Gasteiger partial charge is 0.0613 e. The summed E-state index contributed by atoms with van der Waals surface area (Å²) in [7, 11) is 0. The average Bonchev–Trinajstić information content (AvgIpc) is 2.51. The molecule has 3 heteroatoms. The van der Waals surface area contributed by atoms with Crippen molar-refractivity contribution in [1.82, 2.24) is 10.2 Å². The third-order valence-electron chi connectivity index (χ3n) is 5.05. The number of piperidine rings is 1. The molecule has 1 aliphatic rings. The molecule has 0 radical (unpaired) electrons. The van der Waals surface area contributed by atoms with Crippen molar-refractivity contribution in [1.29, 1.82) is 0 Å². The Morgan fingerprint density at radius 3 is 2.65 bits per heavy atom. The van der Waals surface area contributed by atoms with E-state index in [2.05, 4.69) is 31.0 Å². The fourth-order valence-electron chi connectivity index (χ4n) is 3.46. The molecule has 1 heterocycles. The molecule has 3 nitrogen and oxygen atoms in total. The van der Waals surface area contributed by atoms with Crippen LogP contribution in [-0.2, 0) is 0 Å². The second-order valence-corrected chi connectivity index (χ2v) is 6.42. The Hall–Kier alpha value is -0.120. The van der Waals surface area contributed by atoms with Gasteiger partial charge in [-0.15, -0.1) is 0 Å². The third-order valence-corrected chi connectivity index (χ3v) is 5.05. The highest BCUT2D eigenvalue weighted by atomic mass is 16.3. The second kappa shape index (κ2) is 9.75. The van der Waals surface area contributed by atoms with Crippen molar-refractivity contribution in [2.24, 2.45) is 0 Å². The van der Waals surface area contributed by atoms with E-state index < -0.39 is 0 Å². The molecule has 1 saturated heterocycles. The van der Waals surface area contributed by atoms with Crippen LogP contribution in [0.1, 0.15) is 72.1 Å². The standard InChI is InChI=1S/C17H36N2O/c1-4-12-18-17(6-3,15-20)11-9-14-19-13-8-7-10-16(19)5-2/h16,18,20H,4-15H2,1-3H3. The molecule has 0 aromatic carbocycles. The van der Waals surface area contributed by atoms with Gasteiger partial charge in [0.05, 0.1) is 6.61 Å². The molecular formula is C17H36N2O. The maximum Gasteiger partial charge on any atom is 0.0613 e. The molecule has 0 saturated carbocycles. The van der Waals surface area contributed by atoms with Crippen LogP contribution in [-0.4, -0.2) is 47.8 Å². The highest BCUT2D eigenvalue weighted by Crippen LogP contribution is 2.22. The SMILES string of the molecule is CCCNC(CC)(CO)CCCN1CCCCC1CC. The fraction of sp³-hybridized carbons (Fsp3) is 1.00. The largest absolute Gasteiger partial charge is 0.394 e. The monoisotopic (exact) mass is 284 g/mol. The summed E-state index contributed by atoms with van der Waals surface area (Å²) >= 11 is 0. The molecule has 120 valence electrons. The van der Waals surface area contributed by atoms with Crippen LogP contribution < -0.4 is 5.32 Å². The maximum atomic E-state index is 9.76. The minimum atomic E-state index is -0.0481. The van der Waals surface area contributed by atoms with Gasteiger partial charge < -0.3 is 15.3 Å². The first kappa shape index (κ1) is 17.9. The minimum Gasteiger partial charge on any atom is -0.394 e. The molecule has 2 unspecified atom stereocenters. The number of hydrogen-bond acceptors (Lipinski definition) is 3. The van der Waals surface area contributed by atoms with Gasteiger partial charge in [-0.05, 0) is 64.6 Å². The van der Waals surface area contributed by atoms with Gasteiger partial charge in [-0.3, -0.25) is 0 Å². The van der Waals surface area contributed by atoms with Crippen molar-refractivity contribution in [3.05, 3.63) is 0 Å². The Labute approximate surface area is 126 Å². The zero-order valence-electron chi connectivity index (χ0n) is 14.0. The van der Waals surface area contributed by atoms with Gasteiger partial charge in [-0.1, -0.05) is 27.2 Å². The molecule has 1 aliphatic heterocycles. The molecule has 0 amide bonds. The van der Waals surface area contributed by atoms with Crippen LogP contribution in [0.4, 0.5) is 0 Å². The first-order chi connectivity index (χ1) is 9.71. The van der Waals surface area contributed by atoms with Crippen LogP contribution in [0.25, 0.3) is 0 Å². The zero-order valence-corrected chi connectivity index (χ0v) is 14.0. The summed E-state index contributed by atoms with van der Waals surface area (Å²) in [5.74, 6) is 0. The van der Waals surface area contributed by atoms with E-state index in [0.717, 1.165) is 31.8 Å². The van der Waals surface area contributed by atoms with E-state index >= 15 is 0 Å². The van der Waals surface area contributed by atoms with Crippen LogP contribution in [0.2, 0.25) is 0 Å². The molecule has 0 bridgehead atoms. The van der Waals surface area contributed by atoms with E-state index in [9.17, 15) is 5.11 Å². The lowest BCUT2D eigenvalue weighted by Crippen LogP contribution is -2.49. The summed E-state index contributed by atoms with van der Waals surface area (Å²) in [5.41, 5.74) is -0.0481. The van der Waals surface area contributed by atoms with Crippen molar-refractivity contribution in [3.63, 3.8) is 0 Å². The zero-order chi connectivity index (χ0) is 14.8. The fourth-order valence-corrected chi connectivity index (χ4v) is 3.46. The van der Waals surface area contributed by atoms with E-state index in [0.29, 0.717) is 0 Å². The van der Waals surface area contributed by atoms with Gasteiger partial charge in [-0.25, -0.2) is 0 Å². The molecule has 2 atom stereocenters. The van der Waals surface area contributed by atoms with Crippen molar-refractivity contribution >= 4 is 0 Å². The number of aliphatic hydroxyl groups is 1. The average molecular weight is 284 g/mol. The minimum absolute atomic E-state index is 0.0481. The lowest BCUT2D eigenvalue weighted by Gasteiger charge is -2.37. The Balaban J connectivity index is 2.38. The predicted molar refractivity (Wildman–Crippen MR) is 87.1 cm³/mol. The summed E-state index contributed by atoms with van der Waals surface area (Å²) in [6.07, 6.45) is 9.86. The summed E-state index contributed by atoms with van der Waals surface area (Å²) in [6, 6.07) is 0.803. The summed E-state index contributed by atoms with van der Waals surface area (Å²) in [6.45, 7) is 10.4. The van der Waals surface area contributed by atoms with Gasteiger partial charge in [0.2, 0.25) is 0 Å². The van der Waals surface area contributed by atoms with Gasteiger partial charge in [0.1, 0.15) is 0 Å². The number of nitrogens with one attached hydrogen (secondary N) is 1. The lowest BCUT2D eigenvalue weighted by molar-refractivity contribution is 0.116. The maximum absolute atomic E-state index is 9.76. The highest BCUT2D eigenvalue weighted by Gasteiger charge is 2.27. The summed E-state index contributed by atoms with van der Waals surface area (Å²) in [5, 5.41) is 13.3. The molecule has 20 heavy (non-hydrogen) atoms. The van der Waals surface area contributed by atoms with Gasteiger partial charge >= 0.3 is 0 Å². The summed E-state index contributed by atoms with van der Waals surface area (Å²) in [4.78, 5) is 2.68. The van der Waals surface area contributed by atoms with E-state index in [-0.39, 0.29) is 12.1 Å². The van der Waals surface area contributed by atoms with Gasteiger partial charge in [-0.2, -0.15) is 0 Å². The summed E-state index contributed by atoms with van der Waals surface area (Å²) < 4.78 is 0. The normalized spacial score (nSPS) is 23.7. The molecule has 2 N–H and O–H groups in total. The third kappa shape index (κ3) is 5.34. The number of likely N-dealkylation sites (tertiary alicyclic amines) is 1. The van der Waals surface area contributed by atoms with Crippen LogP contribution in [0.5, 0.6) is 0 Å². The van der Waals surface area contributed by atoms with Gasteiger partial charge in [0.25, 0.3) is 0 Å². The number of hydrogen-bond donors (Lipinski definition) is 2. The van der Waals surface area contributed by atoms with E-state index in [1.54, 1.807) is 0 Å². The van der Waals surface area contributed by atoms with Crippen molar-refractivity contribution in [3.8, 4) is 0 Å². The van der Waals surface area contributed by atoms with Crippen molar-refractivity contribution in [2.45, 2.75) is 83.7 Å². The van der Waals surface area contributed by atoms with Crippen LogP contribution in [0, 0.1) is 0 Å². The number of nitrogens with zero attached hydrogens (tertiary/aromatic N) is 1. The van der Waals surface area contributed by atoms with Crippen LogP contribution in [0.3, 0.4) is 0 Å². The Morgan fingerprint density at radius 2 is 2.05 bits per heavy atom. The van der Waals surface area contributed by atoms with E-state index in [1.807, 2.05) is 0 Å². The molecule has 0 aromatic heterocycles. The molecule has 1 rings (SSSR count). The Morgan fingerprint density at radius 1 is 1.25 bits per heavy atom. The topological polar surface area (TPSA) is 35.5 Å². The van der Waals surface area contributed by atoms with Gasteiger partial charge in [0.15, 0.2) is 0 Å². The number of aliphatic hydroxyl groups excluding tert-OH is 1. The highest BCUT2D eigenvalue weighted by molar-refractivity contribution is 4.87. The quantitative estimate of drug-likeness (QED) is 0.647. The first-order valence-electron chi connectivity index (χ1n) is 8.81. The van der Waals surface area contributed by atoms with Crippen molar-refractivity contribution < 1.29 is 5.11 Å². The molecular weight excluding hydrogens is 248 g/mol. The molecule has 0 aliphatic carbocycles. The number of rotatable bonds is 10.